The van der Waals surface area contributed by atoms with E-state index >= 15 is 0 Å². The molecule has 0 unspecified atom stereocenters. The Balaban J connectivity index is 1.90. The zero-order valence-corrected chi connectivity index (χ0v) is 15.2. The summed E-state index contributed by atoms with van der Waals surface area (Å²) in [5, 5.41) is 3.15. The number of aromatic nitrogens is 2. The van der Waals surface area contributed by atoms with Crippen LogP contribution >= 0.6 is 22.9 Å². The van der Waals surface area contributed by atoms with Crippen LogP contribution in [0, 0.1) is 0 Å². The second kappa shape index (κ2) is 7.16. The molecule has 0 fully saturated rings. The van der Waals surface area contributed by atoms with E-state index in [2.05, 4.69) is 15.3 Å². The van der Waals surface area contributed by atoms with Crippen molar-refractivity contribution in [3.8, 4) is 11.5 Å². The van der Waals surface area contributed by atoms with Crippen LogP contribution in [0.1, 0.15) is 10.4 Å². The van der Waals surface area contributed by atoms with Gasteiger partial charge in [-0.2, -0.15) is 13.2 Å². The fraction of sp³-hybridized carbons (Fsp3) is 0.250. The molecule has 2 aromatic heterocycles. The molecule has 0 radical (unpaired) electrons. The Hall–Kier alpha value is -2.26. The quantitative estimate of drug-likeness (QED) is 0.608. The third-order valence-electron chi connectivity index (χ3n) is 3.55. The molecule has 1 N–H and O–H groups in total. The lowest BCUT2D eigenvalue weighted by molar-refractivity contribution is -0.134. The number of fused-ring (bicyclic) bond motifs is 1. The number of rotatable bonds is 5. The first-order valence-corrected chi connectivity index (χ1v) is 8.50. The van der Waals surface area contributed by atoms with Crippen molar-refractivity contribution in [1.82, 2.24) is 9.97 Å². The molecule has 5 nitrogen and oxygen atoms in total. The predicted octanol–water partition coefficient (Wildman–Crippen LogP) is 4.99. The zero-order valence-electron chi connectivity index (χ0n) is 13.6. The highest BCUT2D eigenvalue weighted by molar-refractivity contribution is 7.18. The SMILES string of the molecule is COc1ccc(CNc2nc(Cl)nc3sc(C(F)(F)F)cc23)cc1OC. The van der Waals surface area contributed by atoms with Crippen LogP contribution < -0.4 is 14.8 Å². The highest BCUT2D eigenvalue weighted by atomic mass is 35.5. The smallest absolute Gasteiger partial charge is 0.425 e. The number of halogens is 4. The van der Waals surface area contributed by atoms with Crippen molar-refractivity contribution in [3.63, 3.8) is 0 Å². The molecule has 0 bridgehead atoms. The van der Waals surface area contributed by atoms with E-state index in [1.807, 2.05) is 6.07 Å². The second-order valence-corrected chi connectivity index (χ2v) is 6.58. The topological polar surface area (TPSA) is 56.3 Å². The summed E-state index contributed by atoms with van der Waals surface area (Å²) < 4.78 is 49.3. The van der Waals surface area contributed by atoms with E-state index in [0.29, 0.717) is 29.4 Å². The Morgan fingerprint density at radius 2 is 1.85 bits per heavy atom. The standard InChI is InChI=1S/C16H13ClF3N3O2S/c1-24-10-4-3-8(5-11(10)25-2)7-21-13-9-6-12(16(18,19)20)26-14(9)23-15(17)22-13/h3-6H,7H2,1-2H3,(H,21,22,23). The van der Waals surface area contributed by atoms with Gasteiger partial charge in [-0.1, -0.05) is 6.07 Å². The average molecular weight is 404 g/mol. The van der Waals surface area contributed by atoms with Gasteiger partial charge in [0.05, 0.1) is 19.6 Å². The van der Waals surface area contributed by atoms with Crippen molar-refractivity contribution in [2.75, 3.05) is 19.5 Å². The van der Waals surface area contributed by atoms with Gasteiger partial charge in [-0.15, -0.1) is 11.3 Å². The Labute approximate surface area is 155 Å². The number of nitrogens with one attached hydrogen (secondary N) is 1. The van der Waals surface area contributed by atoms with Gasteiger partial charge < -0.3 is 14.8 Å². The lowest BCUT2D eigenvalue weighted by Crippen LogP contribution is -2.03. The summed E-state index contributed by atoms with van der Waals surface area (Å²) in [6.07, 6.45) is -4.45. The molecule has 0 saturated carbocycles. The molecule has 1 aromatic carbocycles. The number of ether oxygens (including phenoxy) is 2. The van der Waals surface area contributed by atoms with Crippen LogP contribution in [0.2, 0.25) is 5.28 Å². The minimum Gasteiger partial charge on any atom is -0.493 e. The van der Waals surface area contributed by atoms with Crippen LogP contribution in [0.5, 0.6) is 11.5 Å². The van der Waals surface area contributed by atoms with E-state index in [0.717, 1.165) is 11.6 Å². The predicted molar refractivity (Wildman–Crippen MR) is 94.3 cm³/mol. The molecular formula is C16H13ClF3N3O2S. The van der Waals surface area contributed by atoms with Gasteiger partial charge >= 0.3 is 6.18 Å². The fourth-order valence-corrected chi connectivity index (χ4v) is 3.46. The van der Waals surface area contributed by atoms with E-state index < -0.39 is 11.1 Å². The number of nitrogens with zero attached hydrogens (tertiary/aromatic N) is 2. The summed E-state index contributed by atoms with van der Waals surface area (Å²) >= 11 is 6.37. The molecule has 0 aliphatic rings. The van der Waals surface area contributed by atoms with Crippen LogP contribution in [-0.4, -0.2) is 24.2 Å². The molecule has 0 amide bonds. The van der Waals surface area contributed by atoms with E-state index in [1.165, 1.54) is 14.2 Å². The maximum Gasteiger partial charge on any atom is 0.425 e. The normalized spacial score (nSPS) is 11.6. The monoisotopic (exact) mass is 403 g/mol. The molecule has 138 valence electrons. The van der Waals surface area contributed by atoms with Crippen molar-refractivity contribution in [2.24, 2.45) is 0 Å². The molecule has 0 spiro atoms. The average Bonchev–Trinajstić information content (AvgIpc) is 3.03. The summed E-state index contributed by atoms with van der Waals surface area (Å²) in [6, 6.07) is 6.34. The molecule has 10 heteroatoms. The third kappa shape index (κ3) is 3.78. The summed E-state index contributed by atoms with van der Waals surface area (Å²) in [5.74, 6) is 1.37. The second-order valence-electron chi connectivity index (χ2n) is 5.21. The van der Waals surface area contributed by atoms with Gasteiger partial charge in [0.1, 0.15) is 15.5 Å². The Morgan fingerprint density at radius 1 is 1.12 bits per heavy atom. The molecule has 3 aromatic rings. The number of benzene rings is 1. The Bertz CT molecular complexity index is 946. The van der Waals surface area contributed by atoms with Crippen LogP contribution in [-0.2, 0) is 12.7 Å². The summed E-state index contributed by atoms with van der Waals surface area (Å²) in [4.78, 5) is 7.31. The van der Waals surface area contributed by atoms with E-state index in [-0.39, 0.29) is 21.3 Å². The summed E-state index contributed by atoms with van der Waals surface area (Å²) in [6.45, 7) is 0.306. The first kappa shape index (κ1) is 18.5. The van der Waals surface area contributed by atoms with Gasteiger partial charge in [0.25, 0.3) is 0 Å². The molecule has 26 heavy (non-hydrogen) atoms. The van der Waals surface area contributed by atoms with Gasteiger partial charge in [0.2, 0.25) is 5.28 Å². The van der Waals surface area contributed by atoms with Crippen LogP contribution in [0.15, 0.2) is 24.3 Å². The number of hydrogen-bond donors (Lipinski definition) is 1. The first-order valence-electron chi connectivity index (χ1n) is 7.31. The lowest BCUT2D eigenvalue weighted by atomic mass is 10.2. The van der Waals surface area contributed by atoms with Crippen molar-refractivity contribution in [3.05, 3.63) is 40.0 Å². The first-order chi connectivity index (χ1) is 12.3. The van der Waals surface area contributed by atoms with Gasteiger partial charge in [0.15, 0.2) is 11.5 Å². The number of thiophene rings is 1. The summed E-state index contributed by atoms with van der Waals surface area (Å²) in [5.41, 5.74) is 0.830. The highest BCUT2D eigenvalue weighted by Gasteiger charge is 2.33. The number of alkyl halides is 3. The van der Waals surface area contributed by atoms with E-state index in [1.54, 1.807) is 12.1 Å². The van der Waals surface area contributed by atoms with Gasteiger partial charge in [-0.05, 0) is 35.4 Å². The Morgan fingerprint density at radius 3 is 2.50 bits per heavy atom. The van der Waals surface area contributed by atoms with Crippen molar-refractivity contribution in [1.29, 1.82) is 0 Å². The number of anilines is 1. The van der Waals surface area contributed by atoms with Gasteiger partial charge in [-0.3, -0.25) is 0 Å². The minimum absolute atomic E-state index is 0.122. The van der Waals surface area contributed by atoms with E-state index in [4.69, 9.17) is 21.1 Å². The lowest BCUT2D eigenvalue weighted by Gasteiger charge is -2.11. The maximum atomic E-state index is 12.9. The number of hydrogen-bond acceptors (Lipinski definition) is 6. The molecule has 0 aliphatic carbocycles. The van der Waals surface area contributed by atoms with Crippen molar-refractivity contribution < 1.29 is 22.6 Å². The number of methoxy groups -OCH3 is 2. The molecule has 2 heterocycles. The molecular weight excluding hydrogens is 391 g/mol. The Kier molecular flexibility index (Phi) is 5.10. The largest absolute Gasteiger partial charge is 0.493 e. The molecule has 0 aliphatic heterocycles. The fourth-order valence-electron chi connectivity index (χ4n) is 2.35. The van der Waals surface area contributed by atoms with Crippen molar-refractivity contribution >= 4 is 39.0 Å². The molecule has 0 saturated heterocycles. The van der Waals surface area contributed by atoms with Crippen LogP contribution in [0.4, 0.5) is 19.0 Å². The summed E-state index contributed by atoms with van der Waals surface area (Å²) in [7, 11) is 3.05. The van der Waals surface area contributed by atoms with Gasteiger partial charge in [-0.25, -0.2) is 9.97 Å². The van der Waals surface area contributed by atoms with Crippen molar-refractivity contribution in [2.45, 2.75) is 12.7 Å². The van der Waals surface area contributed by atoms with Gasteiger partial charge in [0, 0.05) is 6.54 Å². The molecule has 3 rings (SSSR count). The van der Waals surface area contributed by atoms with Crippen LogP contribution in [0.3, 0.4) is 0 Å². The third-order valence-corrected chi connectivity index (χ3v) is 4.80. The maximum absolute atomic E-state index is 12.9. The molecule has 0 atom stereocenters. The zero-order chi connectivity index (χ0) is 18.9. The highest BCUT2D eigenvalue weighted by Crippen LogP contribution is 2.39. The van der Waals surface area contributed by atoms with E-state index in [9.17, 15) is 13.2 Å². The minimum atomic E-state index is -4.45. The van der Waals surface area contributed by atoms with Crippen LogP contribution in [0.25, 0.3) is 10.2 Å².